The second-order valence-corrected chi connectivity index (χ2v) is 12.1. The Morgan fingerprint density at radius 3 is 2.34 bits per heavy atom. The van der Waals surface area contributed by atoms with Gasteiger partial charge in [0.25, 0.3) is 11.1 Å². The maximum atomic E-state index is 14.0. The molecule has 9 rings (SSSR count). The minimum absolute atomic E-state index is 0.128. The highest BCUT2D eigenvalue weighted by atomic mass is 16.1. The van der Waals surface area contributed by atoms with Gasteiger partial charge in [-0.2, -0.15) is 0 Å². The monoisotopic (exact) mass is 468 g/mol. The summed E-state index contributed by atoms with van der Waals surface area (Å²) in [5.74, 6) is 2.83. The summed E-state index contributed by atoms with van der Waals surface area (Å²) in [6.45, 7) is 0. The topological polar surface area (TPSA) is 71.0 Å². The third kappa shape index (κ3) is 2.77. The van der Waals surface area contributed by atoms with Crippen LogP contribution in [0.25, 0.3) is 22.3 Å². The van der Waals surface area contributed by atoms with E-state index in [0.717, 1.165) is 41.6 Å². The van der Waals surface area contributed by atoms with Crippen molar-refractivity contribution in [1.29, 1.82) is 0 Å². The summed E-state index contributed by atoms with van der Waals surface area (Å²) in [5.41, 5.74) is 2.37. The predicted octanol–water partition coefficient (Wildman–Crippen LogP) is 4.50. The normalized spacial score (nSPS) is 37.5. The Bertz CT molecular complexity index is 1430. The molecule has 6 aliphatic rings. The van der Waals surface area contributed by atoms with Crippen molar-refractivity contribution in [3.05, 3.63) is 63.3 Å². The number of nitrogens with zero attached hydrogens (tertiary/aromatic N) is 3. The zero-order valence-electron chi connectivity index (χ0n) is 20.0. The average molecular weight is 469 g/mol. The van der Waals surface area contributed by atoms with E-state index in [1.807, 2.05) is 28.8 Å². The molecule has 35 heavy (non-hydrogen) atoms. The first-order valence-electron chi connectivity index (χ1n) is 13.6. The van der Waals surface area contributed by atoms with Crippen LogP contribution < -0.4 is 11.1 Å². The van der Waals surface area contributed by atoms with Gasteiger partial charge in [0.2, 0.25) is 0 Å². The van der Waals surface area contributed by atoms with Crippen molar-refractivity contribution in [1.82, 2.24) is 19.4 Å². The lowest BCUT2D eigenvalue weighted by Crippen LogP contribution is -2.58. The van der Waals surface area contributed by atoms with Gasteiger partial charge in [-0.15, -0.1) is 0 Å². The van der Waals surface area contributed by atoms with Crippen molar-refractivity contribution in [2.75, 3.05) is 0 Å². The molecule has 4 aliphatic carbocycles. The van der Waals surface area contributed by atoms with Crippen LogP contribution in [0.15, 0.2) is 52.2 Å². The summed E-state index contributed by atoms with van der Waals surface area (Å²) in [5, 5.41) is 0. The number of hydrogen-bond acceptors (Lipinski definition) is 4. The number of piperidine rings is 1. The SMILES string of the molecule is O=c1[nH]cccc1-c1nc2ccccc2n(C2C[C@H]3CC[C@@H](C2)N3C23C[C@@H]4CC2C[C@@H](C4)C3)c1=O. The van der Waals surface area contributed by atoms with Gasteiger partial charge >= 0.3 is 0 Å². The quantitative estimate of drug-likeness (QED) is 0.615. The van der Waals surface area contributed by atoms with Crippen molar-refractivity contribution in [2.24, 2.45) is 17.8 Å². The van der Waals surface area contributed by atoms with E-state index in [-0.39, 0.29) is 22.9 Å². The number of H-pyrrole nitrogens is 1. The van der Waals surface area contributed by atoms with Gasteiger partial charge in [-0.25, -0.2) is 4.98 Å². The van der Waals surface area contributed by atoms with Gasteiger partial charge in [0.15, 0.2) is 0 Å². The number of benzene rings is 1. The summed E-state index contributed by atoms with van der Waals surface area (Å²) in [6, 6.07) is 12.7. The van der Waals surface area contributed by atoms with E-state index in [2.05, 4.69) is 14.9 Å². The molecule has 6 nitrogen and oxygen atoms in total. The van der Waals surface area contributed by atoms with E-state index in [9.17, 15) is 9.59 Å². The van der Waals surface area contributed by atoms with Gasteiger partial charge < -0.3 is 9.55 Å². The highest BCUT2D eigenvalue weighted by molar-refractivity contribution is 5.77. The molecule has 2 aromatic heterocycles. The highest BCUT2D eigenvalue weighted by Crippen LogP contribution is 2.65. The lowest BCUT2D eigenvalue weighted by molar-refractivity contribution is -0.0244. The first kappa shape index (κ1) is 20.5. The van der Waals surface area contributed by atoms with Crippen LogP contribution in [-0.4, -0.2) is 37.1 Å². The van der Waals surface area contributed by atoms with Crippen LogP contribution in [0.2, 0.25) is 0 Å². The Balaban J connectivity index is 1.22. The lowest BCUT2D eigenvalue weighted by atomic mass is 9.78. The molecule has 0 amide bonds. The molecule has 3 unspecified atom stereocenters. The summed E-state index contributed by atoms with van der Waals surface area (Å²) in [7, 11) is 0. The van der Waals surface area contributed by atoms with E-state index >= 15 is 0 Å². The Labute approximate surface area is 204 Å². The van der Waals surface area contributed by atoms with Crippen molar-refractivity contribution in [3.63, 3.8) is 0 Å². The number of rotatable bonds is 3. The molecule has 6 heteroatoms. The van der Waals surface area contributed by atoms with Crippen molar-refractivity contribution in [3.8, 4) is 11.3 Å². The van der Waals surface area contributed by atoms with Gasteiger partial charge in [0.1, 0.15) is 5.69 Å². The summed E-state index contributed by atoms with van der Waals surface area (Å²) in [4.78, 5) is 37.0. The van der Waals surface area contributed by atoms with Crippen LogP contribution >= 0.6 is 0 Å². The van der Waals surface area contributed by atoms with E-state index < -0.39 is 0 Å². The molecule has 4 heterocycles. The molecule has 2 aliphatic heterocycles. The molecule has 2 saturated heterocycles. The Kier molecular flexibility index (Phi) is 4.18. The van der Waals surface area contributed by atoms with E-state index in [0.29, 0.717) is 23.2 Å². The van der Waals surface area contributed by atoms with E-state index in [1.165, 1.54) is 44.9 Å². The van der Waals surface area contributed by atoms with Gasteiger partial charge in [-0.1, -0.05) is 12.1 Å². The van der Waals surface area contributed by atoms with Gasteiger partial charge in [0, 0.05) is 29.9 Å². The first-order valence-corrected chi connectivity index (χ1v) is 13.6. The fraction of sp³-hybridized carbons (Fsp3) is 0.552. The maximum Gasteiger partial charge on any atom is 0.278 e. The summed E-state index contributed by atoms with van der Waals surface area (Å²) >= 11 is 0. The second-order valence-electron chi connectivity index (χ2n) is 12.1. The third-order valence-corrected chi connectivity index (χ3v) is 10.4. The molecular formula is C29H32N4O2. The zero-order valence-corrected chi connectivity index (χ0v) is 20.0. The van der Waals surface area contributed by atoms with Crippen LogP contribution in [-0.2, 0) is 0 Å². The molecule has 7 atom stereocenters. The number of aromatic nitrogens is 3. The van der Waals surface area contributed by atoms with Crippen molar-refractivity contribution in [2.45, 2.75) is 81.5 Å². The minimum atomic E-state index is -0.264. The van der Waals surface area contributed by atoms with Crippen LogP contribution in [0, 0.1) is 17.8 Å². The van der Waals surface area contributed by atoms with Crippen LogP contribution in [0.5, 0.6) is 0 Å². The van der Waals surface area contributed by atoms with Crippen LogP contribution in [0.3, 0.4) is 0 Å². The van der Waals surface area contributed by atoms with Crippen molar-refractivity contribution < 1.29 is 0 Å². The fourth-order valence-electron chi connectivity index (χ4n) is 9.56. The second kappa shape index (κ2) is 7.16. The van der Waals surface area contributed by atoms with E-state index in [4.69, 9.17) is 0 Å². The first-order chi connectivity index (χ1) is 17.1. The molecule has 6 fully saturated rings. The standard InChI is InChI=1S/C29H32N4O2/c34-27-23(4-3-9-30-27)26-28(35)32(25-6-2-1-5-24(25)31-26)22-13-20-7-8-21(14-22)33(20)29-15-17-10-18(16-29)12-19(29)11-17/h1-6,9,17-22H,7-8,10-16H2,(H,30,34)/t17-,18+,19?,20-,21+,22?,29?. The smallest absolute Gasteiger partial charge is 0.278 e. The molecule has 1 aromatic carbocycles. The largest absolute Gasteiger partial charge is 0.329 e. The van der Waals surface area contributed by atoms with Gasteiger partial charge in [-0.05, 0) is 99.8 Å². The Hall–Kier alpha value is -2.73. The van der Waals surface area contributed by atoms with Gasteiger partial charge in [0.05, 0.1) is 16.6 Å². The molecule has 3 aromatic rings. The number of nitrogens with one attached hydrogen (secondary N) is 1. The summed E-state index contributed by atoms with van der Waals surface area (Å²) in [6.07, 6.45) is 13.4. The molecule has 0 spiro atoms. The predicted molar refractivity (Wildman–Crippen MR) is 135 cm³/mol. The molecule has 1 N–H and O–H groups in total. The number of fused-ring (bicyclic) bond motifs is 3. The maximum absolute atomic E-state index is 14.0. The number of hydrogen-bond donors (Lipinski definition) is 1. The number of pyridine rings is 1. The molecule has 4 saturated carbocycles. The average Bonchev–Trinajstić information content (AvgIpc) is 3.38. The third-order valence-electron chi connectivity index (χ3n) is 10.4. The fourth-order valence-corrected chi connectivity index (χ4v) is 9.56. The van der Waals surface area contributed by atoms with Crippen LogP contribution in [0.1, 0.15) is 63.8 Å². The lowest BCUT2D eigenvalue weighted by Gasteiger charge is -2.52. The van der Waals surface area contributed by atoms with Crippen molar-refractivity contribution >= 4 is 11.0 Å². The number of para-hydroxylation sites is 2. The molecule has 180 valence electrons. The highest BCUT2D eigenvalue weighted by Gasteiger charge is 2.64. The summed E-state index contributed by atoms with van der Waals surface area (Å²) < 4.78 is 2.00. The molecule has 6 bridgehead atoms. The molecular weight excluding hydrogens is 436 g/mol. The Morgan fingerprint density at radius 2 is 1.60 bits per heavy atom. The van der Waals surface area contributed by atoms with Gasteiger partial charge in [-0.3, -0.25) is 14.5 Å². The zero-order chi connectivity index (χ0) is 23.3. The van der Waals surface area contributed by atoms with E-state index in [1.54, 1.807) is 18.3 Å². The minimum Gasteiger partial charge on any atom is -0.329 e. The van der Waals surface area contributed by atoms with Crippen LogP contribution in [0.4, 0.5) is 0 Å². The molecule has 0 radical (unpaired) electrons. The number of aromatic amines is 1. The Morgan fingerprint density at radius 1 is 0.857 bits per heavy atom.